The molecule has 2 heteroatoms. The zero-order valence-corrected chi connectivity index (χ0v) is 9.58. The monoisotopic (exact) mass is 227 g/mol. The Kier molecular flexibility index (Phi) is 2.09. The average molecular weight is 227 g/mol. The number of hydrogen-bond acceptors (Lipinski definition) is 2. The van der Waals surface area contributed by atoms with Gasteiger partial charge in [0.15, 0.2) is 0 Å². The molecule has 3 rings (SSSR count). The Bertz CT molecular complexity index is 502. The number of benzene rings is 2. The second-order valence-electron chi connectivity index (χ2n) is 4.01. The summed E-state index contributed by atoms with van der Waals surface area (Å²) in [5.41, 5.74) is 3.83. The summed E-state index contributed by atoms with van der Waals surface area (Å²) < 4.78 is 5.33. The van der Waals surface area contributed by atoms with Gasteiger partial charge in [0, 0.05) is 0 Å². The summed E-state index contributed by atoms with van der Waals surface area (Å²) >= 11 is 3.99. The van der Waals surface area contributed by atoms with Gasteiger partial charge >= 0.3 is 0 Å². The first-order chi connectivity index (χ1) is 7.77. The smallest absolute Gasteiger partial charge is 0.134 e. The lowest BCUT2D eigenvalue weighted by Gasteiger charge is -2.23. The van der Waals surface area contributed by atoms with Crippen LogP contribution >= 0.6 is 12.9 Å². The summed E-state index contributed by atoms with van der Waals surface area (Å²) in [6.07, 6.45) is 0. The second-order valence-corrected chi connectivity index (χ2v) is 4.19. The molecular formula is C14H11OS. The van der Waals surface area contributed by atoms with E-state index in [1.165, 1.54) is 11.1 Å². The maximum Gasteiger partial charge on any atom is 0.134 e. The molecule has 0 saturated carbocycles. The van der Waals surface area contributed by atoms with Crippen LogP contribution in [0.4, 0.5) is 0 Å². The van der Waals surface area contributed by atoms with E-state index in [-0.39, 0.29) is 0 Å². The molecular weight excluding hydrogens is 216 g/mol. The highest BCUT2D eigenvalue weighted by Gasteiger charge is 2.39. The van der Waals surface area contributed by atoms with E-state index in [9.17, 15) is 0 Å². The molecule has 0 amide bonds. The Morgan fingerprint density at radius 2 is 1.31 bits per heavy atom. The van der Waals surface area contributed by atoms with E-state index < -0.39 is 5.60 Å². The fraction of sp³-hybridized carbons (Fsp3) is 0.0714. The average Bonchev–Trinajstić information content (AvgIpc) is 2.62. The summed E-state index contributed by atoms with van der Waals surface area (Å²) in [7, 11) is 0. The predicted octanol–water partition coefficient (Wildman–Crippen LogP) is 3.61. The van der Waals surface area contributed by atoms with E-state index in [1.807, 2.05) is 36.4 Å². The van der Waals surface area contributed by atoms with Crippen molar-refractivity contribution < 1.29 is 4.18 Å². The zero-order chi connectivity index (χ0) is 11.2. The van der Waals surface area contributed by atoms with E-state index in [0.717, 1.165) is 11.1 Å². The van der Waals surface area contributed by atoms with Gasteiger partial charge in [0.05, 0.1) is 0 Å². The van der Waals surface area contributed by atoms with Crippen molar-refractivity contribution in [3.05, 3.63) is 66.6 Å². The van der Waals surface area contributed by atoms with Crippen LogP contribution in [0.3, 0.4) is 0 Å². The lowest BCUT2D eigenvalue weighted by Crippen LogP contribution is -2.21. The summed E-state index contributed by atoms with van der Waals surface area (Å²) in [4.78, 5) is 0. The van der Waals surface area contributed by atoms with Gasteiger partial charge in [0.1, 0.15) is 5.60 Å². The highest BCUT2D eigenvalue weighted by atomic mass is 32.1. The van der Waals surface area contributed by atoms with E-state index in [1.54, 1.807) is 0 Å². The Morgan fingerprint density at radius 1 is 0.875 bits per heavy atom. The fourth-order valence-corrected chi connectivity index (χ4v) is 2.58. The normalized spacial score (nSPS) is 15.6. The molecule has 0 N–H and O–H groups in total. The number of hydrogen-bond donors (Lipinski definition) is 1. The van der Waals surface area contributed by atoms with Gasteiger partial charge in [-0.15, -0.1) is 0 Å². The molecule has 0 fully saturated rings. The van der Waals surface area contributed by atoms with Crippen molar-refractivity contribution in [1.82, 2.24) is 0 Å². The van der Waals surface area contributed by atoms with Gasteiger partial charge in [0.25, 0.3) is 0 Å². The van der Waals surface area contributed by atoms with Crippen LogP contribution in [0.15, 0.2) is 48.5 Å². The molecule has 0 unspecified atom stereocenters. The van der Waals surface area contributed by atoms with Gasteiger partial charge < -0.3 is 4.18 Å². The Labute approximate surface area is 101 Å². The standard InChI is InChI=1S/C14H11OS/c1-14(15-16)12-8-4-2-6-10(12)11-7-3-5-9-13(11)14/h2-9,16H,1H2. The van der Waals surface area contributed by atoms with Crippen LogP contribution < -0.4 is 0 Å². The third-order valence-electron chi connectivity index (χ3n) is 3.17. The summed E-state index contributed by atoms with van der Waals surface area (Å²) in [6, 6.07) is 16.3. The molecule has 1 radical (unpaired) electrons. The minimum Gasteiger partial charge on any atom is -0.302 e. The Balaban J connectivity index is 2.39. The molecule has 16 heavy (non-hydrogen) atoms. The minimum absolute atomic E-state index is 0.684. The van der Waals surface area contributed by atoms with Crippen LogP contribution in [0.2, 0.25) is 0 Å². The lowest BCUT2D eigenvalue weighted by molar-refractivity contribution is 0.211. The molecule has 79 valence electrons. The van der Waals surface area contributed by atoms with Gasteiger partial charge in [-0.25, -0.2) is 0 Å². The Hall–Kier alpha value is -1.25. The van der Waals surface area contributed by atoms with Gasteiger partial charge in [0.2, 0.25) is 0 Å². The van der Waals surface area contributed by atoms with Crippen molar-refractivity contribution in [3.8, 4) is 11.1 Å². The molecule has 0 spiro atoms. The maximum absolute atomic E-state index is 5.33. The van der Waals surface area contributed by atoms with E-state index >= 15 is 0 Å². The van der Waals surface area contributed by atoms with Crippen LogP contribution in [-0.4, -0.2) is 0 Å². The molecule has 1 nitrogen and oxygen atoms in total. The maximum atomic E-state index is 5.33. The van der Waals surface area contributed by atoms with Crippen LogP contribution in [0.25, 0.3) is 11.1 Å². The SMILES string of the molecule is [CH2]C1(OS)c2ccccc2-c2ccccc21. The van der Waals surface area contributed by atoms with Gasteiger partial charge in [-0.1, -0.05) is 48.5 Å². The number of rotatable bonds is 1. The van der Waals surface area contributed by atoms with E-state index in [2.05, 4.69) is 32.0 Å². The topological polar surface area (TPSA) is 9.23 Å². The highest BCUT2D eigenvalue weighted by molar-refractivity contribution is 7.75. The van der Waals surface area contributed by atoms with Crippen molar-refractivity contribution in [1.29, 1.82) is 0 Å². The molecule has 2 aromatic rings. The summed E-state index contributed by atoms with van der Waals surface area (Å²) in [5, 5.41) is 0. The van der Waals surface area contributed by atoms with Crippen molar-refractivity contribution in [2.45, 2.75) is 5.60 Å². The van der Waals surface area contributed by atoms with Crippen LogP contribution in [0, 0.1) is 6.92 Å². The first-order valence-corrected chi connectivity index (χ1v) is 5.51. The molecule has 0 heterocycles. The third-order valence-corrected chi connectivity index (χ3v) is 3.48. The third kappa shape index (κ3) is 1.11. The quantitative estimate of drug-likeness (QED) is 0.578. The molecule has 1 aliphatic carbocycles. The zero-order valence-electron chi connectivity index (χ0n) is 8.68. The Morgan fingerprint density at radius 3 is 1.75 bits per heavy atom. The van der Waals surface area contributed by atoms with E-state index in [4.69, 9.17) is 4.18 Å². The van der Waals surface area contributed by atoms with Crippen LogP contribution in [0.1, 0.15) is 11.1 Å². The summed E-state index contributed by atoms with van der Waals surface area (Å²) in [6.45, 7) is 4.17. The molecule has 0 saturated heterocycles. The fourth-order valence-electron chi connectivity index (χ4n) is 2.38. The molecule has 1 aliphatic rings. The largest absolute Gasteiger partial charge is 0.302 e. The van der Waals surface area contributed by atoms with Gasteiger partial charge in [-0.2, -0.15) is 0 Å². The molecule has 0 aromatic heterocycles. The van der Waals surface area contributed by atoms with E-state index in [0.29, 0.717) is 0 Å². The first-order valence-electron chi connectivity index (χ1n) is 5.14. The molecule has 2 aromatic carbocycles. The van der Waals surface area contributed by atoms with Crippen LogP contribution in [-0.2, 0) is 9.78 Å². The predicted molar refractivity (Wildman–Crippen MR) is 68.1 cm³/mol. The number of fused-ring (bicyclic) bond motifs is 3. The highest BCUT2D eigenvalue weighted by Crippen LogP contribution is 2.49. The van der Waals surface area contributed by atoms with Crippen molar-refractivity contribution >= 4 is 12.9 Å². The number of thiol groups is 1. The molecule has 0 bridgehead atoms. The van der Waals surface area contributed by atoms with Crippen molar-refractivity contribution in [2.75, 3.05) is 0 Å². The van der Waals surface area contributed by atoms with Crippen molar-refractivity contribution in [3.63, 3.8) is 0 Å². The molecule has 0 atom stereocenters. The van der Waals surface area contributed by atoms with Crippen molar-refractivity contribution in [2.24, 2.45) is 0 Å². The lowest BCUT2D eigenvalue weighted by atomic mass is 9.94. The minimum atomic E-state index is -0.684. The summed E-state index contributed by atoms with van der Waals surface area (Å²) in [5.74, 6) is 0. The van der Waals surface area contributed by atoms with Gasteiger partial charge in [-0.05, 0) is 42.1 Å². The second kappa shape index (κ2) is 3.37. The molecule has 0 aliphatic heterocycles. The van der Waals surface area contributed by atoms with Gasteiger partial charge in [-0.3, -0.25) is 0 Å². The first kappa shape index (κ1) is 9.94. The van der Waals surface area contributed by atoms with Crippen LogP contribution in [0.5, 0.6) is 0 Å².